The molecule has 6 heteroatoms. The van der Waals surface area contributed by atoms with Crippen LogP contribution in [0, 0.1) is 23.1 Å². The topological polar surface area (TPSA) is 68.5 Å². The van der Waals surface area contributed by atoms with Crippen LogP contribution in [0.3, 0.4) is 0 Å². The van der Waals surface area contributed by atoms with Crippen LogP contribution < -0.4 is 9.47 Å². The van der Waals surface area contributed by atoms with Crippen molar-refractivity contribution in [3.8, 4) is 17.6 Å². The van der Waals surface area contributed by atoms with Crippen LogP contribution in [0.2, 0.25) is 0 Å². The third-order valence-electron chi connectivity index (χ3n) is 5.15. The summed E-state index contributed by atoms with van der Waals surface area (Å²) in [5.41, 5.74) is 0.977. The molecule has 1 aliphatic carbocycles. The second-order valence-corrected chi connectivity index (χ2v) is 7.17. The number of methoxy groups -OCH3 is 1. The zero-order valence-electron chi connectivity index (χ0n) is 16.4. The molecule has 2 aromatic carbocycles. The molecular formula is C23H24FNO4. The monoisotopic (exact) mass is 397 g/mol. The molecule has 0 aromatic heterocycles. The molecule has 0 unspecified atom stereocenters. The van der Waals surface area contributed by atoms with Crippen molar-refractivity contribution in [1.29, 1.82) is 5.26 Å². The maximum Gasteiger partial charge on any atom is 0.342 e. The van der Waals surface area contributed by atoms with Crippen molar-refractivity contribution in [2.75, 3.05) is 7.11 Å². The fourth-order valence-corrected chi connectivity index (χ4v) is 3.52. The lowest BCUT2D eigenvalue weighted by Gasteiger charge is -2.28. The van der Waals surface area contributed by atoms with Crippen molar-refractivity contribution in [3.63, 3.8) is 0 Å². The summed E-state index contributed by atoms with van der Waals surface area (Å²) in [5, 5.41) is 8.82. The maximum atomic E-state index is 14.5. The number of ether oxygens (including phenoxy) is 3. The third kappa shape index (κ3) is 5.47. The van der Waals surface area contributed by atoms with Crippen LogP contribution in [0.4, 0.5) is 4.39 Å². The van der Waals surface area contributed by atoms with Gasteiger partial charge < -0.3 is 14.2 Å². The lowest BCUT2D eigenvalue weighted by atomic mass is 9.86. The van der Waals surface area contributed by atoms with Gasteiger partial charge in [0, 0.05) is 18.6 Å². The minimum Gasteiger partial charge on any atom is -0.496 e. The Kier molecular flexibility index (Phi) is 7.07. The average molecular weight is 397 g/mol. The van der Waals surface area contributed by atoms with E-state index in [4.69, 9.17) is 19.5 Å². The molecule has 0 amide bonds. The summed E-state index contributed by atoms with van der Waals surface area (Å²) in [6, 6.07) is 14.0. The fourth-order valence-electron chi connectivity index (χ4n) is 3.52. The zero-order valence-corrected chi connectivity index (χ0v) is 16.4. The van der Waals surface area contributed by atoms with Crippen LogP contribution in [-0.4, -0.2) is 19.2 Å². The van der Waals surface area contributed by atoms with Gasteiger partial charge in [0.05, 0.1) is 19.3 Å². The first-order valence-electron chi connectivity index (χ1n) is 9.73. The molecule has 0 aliphatic heterocycles. The van der Waals surface area contributed by atoms with Gasteiger partial charge in [0.25, 0.3) is 0 Å². The number of hydrogen-bond acceptors (Lipinski definition) is 5. The van der Waals surface area contributed by atoms with Gasteiger partial charge in [0.15, 0.2) is 11.6 Å². The van der Waals surface area contributed by atoms with Crippen molar-refractivity contribution in [2.24, 2.45) is 5.92 Å². The largest absolute Gasteiger partial charge is 0.496 e. The summed E-state index contributed by atoms with van der Waals surface area (Å²) >= 11 is 0. The van der Waals surface area contributed by atoms with Gasteiger partial charge >= 0.3 is 5.97 Å². The highest BCUT2D eigenvalue weighted by Gasteiger charge is 2.25. The van der Waals surface area contributed by atoms with Gasteiger partial charge in [0.1, 0.15) is 17.9 Å². The highest BCUT2D eigenvalue weighted by Crippen LogP contribution is 2.33. The molecule has 3 rings (SSSR count). The van der Waals surface area contributed by atoms with Crippen molar-refractivity contribution >= 4 is 5.97 Å². The van der Waals surface area contributed by atoms with Gasteiger partial charge in [-0.25, -0.2) is 9.18 Å². The van der Waals surface area contributed by atoms with Crippen molar-refractivity contribution in [3.05, 3.63) is 59.4 Å². The van der Waals surface area contributed by atoms with E-state index in [-0.39, 0.29) is 29.8 Å². The first kappa shape index (κ1) is 20.7. The van der Waals surface area contributed by atoms with Crippen molar-refractivity contribution in [1.82, 2.24) is 0 Å². The predicted octanol–water partition coefficient (Wildman–Crippen LogP) is 5.04. The van der Waals surface area contributed by atoms with Gasteiger partial charge in [0.2, 0.25) is 0 Å². The van der Waals surface area contributed by atoms with E-state index < -0.39 is 11.8 Å². The van der Waals surface area contributed by atoms with Gasteiger partial charge in [-0.15, -0.1) is 0 Å². The molecule has 2 aromatic rings. The average Bonchev–Trinajstić information content (AvgIpc) is 2.75. The van der Waals surface area contributed by atoms with E-state index >= 15 is 0 Å². The summed E-state index contributed by atoms with van der Waals surface area (Å²) in [7, 11) is 1.37. The van der Waals surface area contributed by atoms with Gasteiger partial charge in [-0.1, -0.05) is 30.3 Å². The molecule has 0 heterocycles. The Morgan fingerprint density at radius 3 is 2.52 bits per heavy atom. The van der Waals surface area contributed by atoms with Crippen LogP contribution in [0.25, 0.3) is 0 Å². The van der Waals surface area contributed by atoms with E-state index in [9.17, 15) is 9.18 Å². The lowest BCUT2D eigenvalue weighted by Crippen LogP contribution is -2.24. The molecule has 0 saturated heterocycles. The van der Waals surface area contributed by atoms with Crippen LogP contribution in [0.5, 0.6) is 11.5 Å². The molecular weight excluding hydrogens is 373 g/mol. The molecule has 5 nitrogen and oxygen atoms in total. The Balaban J connectivity index is 1.69. The normalized spacial score (nSPS) is 18.5. The Labute approximate surface area is 170 Å². The van der Waals surface area contributed by atoms with Gasteiger partial charge in [-0.2, -0.15) is 5.26 Å². The van der Waals surface area contributed by atoms with E-state index in [0.29, 0.717) is 12.3 Å². The maximum absolute atomic E-state index is 14.5. The summed E-state index contributed by atoms with van der Waals surface area (Å²) < 4.78 is 30.8. The zero-order chi connectivity index (χ0) is 20.6. The molecule has 152 valence electrons. The summed E-state index contributed by atoms with van der Waals surface area (Å²) in [6.07, 6.45) is 3.67. The highest BCUT2D eigenvalue weighted by atomic mass is 19.1. The number of hydrogen-bond donors (Lipinski definition) is 0. The molecule has 29 heavy (non-hydrogen) atoms. The number of benzene rings is 2. The van der Waals surface area contributed by atoms with Crippen LogP contribution >= 0.6 is 0 Å². The van der Waals surface area contributed by atoms with Gasteiger partial charge in [-0.05, 0) is 37.2 Å². The fraction of sp³-hybridized carbons (Fsp3) is 0.391. The summed E-state index contributed by atoms with van der Waals surface area (Å²) in [6.45, 7) is 0.110. The quantitative estimate of drug-likeness (QED) is 0.612. The highest BCUT2D eigenvalue weighted by molar-refractivity contribution is 5.93. The SMILES string of the molecule is COc1cc(F)c(OC2CCC(CC#N)CC2)cc1C(=O)OCc1ccccc1. The first-order valence-corrected chi connectivity index (χ1v) is 9.73. The number of rotatable bonds is 7. The third-order valence-corrected chi connectivity index (χ3v) is 5.15. The molecule has 0 radical (unpaired) electrons. The Hall–Kier alpha value is -3.07. The molecule has 0 N–H and O–H groups in total. The second kappa shape index (κ2) is 9.92. The standard InChI is InChI=1S/C23H24FNO4/c1-27-21-14-20(24)22(29-18-9-7-16(8-10-18)11-12-25)13-19(21)23(26)28-15-17-5-3-2-4-6-17/h2-6,13-14,16,18H,7-11,15H2,1H3. The van der Waals surface area contributed by atoms with Crippen molar-refractivity contribution in [2.45, 2.75) is 44.8 Å². The van der Waals surface area contributed by atoms with E-state index in [2.05, 4.69) is 6.07 Å². The van der Waals surface area contributed by atoms with Crippen LogP contribution in [-0.2, 0) is 11.3 Å². The number of carbonyl (C=O) groups excluding carboxylic acids is 1. The molecule has 1 aliphatic rings. The molecule has 1 fully saturated rings. The van der Waals surface area contributed by atoms with E-state index in [1.165, 1.54) is 13.2 Å². The molecule has 0 bridgehead atoms. The predicted molar refractivity (Wildman–Crippen MR) is 105 cm³/mol. The number of nitriles is 1. The van der Waals surface area contributed by atoms with Crippen molar-refractivity contribution < 1.29 is 23.4 Å². The van der Waals surface area contributed by atoms with Gasteiger partial charge in [-0.3, -0.25) is 0 Å². The van der Waals surface area contributed by atoms with Crippen LogP contribution in [0.15, 0.2) is 42.5 Å². The van der Waals surface area contributed by atoms with Crippen LogP contribution in [0.1, 0.15) is 48.0 Å². The minimum atomic E-state index is -0.603. The Morgan fingerprint density at radius 1 is 1.14 bits per heavy atom. The molecule has 0 spiro atoms. The number of carbonyl (C=O) groups is 1. The van der Waals surface area contributed by atoms with E-state index in [1.807, 2.05) is 30.3 Å². The lowest BCUT2D eigenvalue weighted by molar-refractivity contribution is 0.0467. The summed E-state index contributed by atoms with van der Waals surface area (Å²) in [5.74, 6) is -0.690. The molecule has 0 atom stereocenters. The minimum absolute atomic E-state index is 0.0150. The second-order valence-electron chi connectivity index (χ2n) is 7.17. The number of esters is 1. The first-order chi connectivity index (χ1) is 14.1. The van der Waals surface area contributed by atoms with E-state index in [0.717, 1.165) is 37.3 Å². The molecule has 1 saturated carbocycles. The number of halogens is 1. The van der Waals surface area contributed by atoms with E-state index in [1.54, 1.807) is 0 Å². The number of nitrogens with zero attached hydrogens (tertiary/aromatic N) is 1. The smallest absolute Gasteiger partial charge is 0.342 e. The summed E-state index contributed by atoms with van der Waals surface area (Å²) in [4.78, 5) is 12.6. The Morgan fingerprint density at radius 2 is 1.86 bits per heavy atom. The Bertz CT molecular complexity index is 870.